The zero-order chi connectivity index (χ0) is 11.3. The van der Waals surface area contributed by atoms with E-state index in [0.29, 0.717) is 0 Å². The van der Waals surface area contributed by atoms with Crippen LogP contribution in [0.15, 0.2) is 12.4 Å². The molecule has 86 valence electrons. The molecule has 4 heteroatoms. The zero-order valence-electron chi connectivity index (χ0n) is 9.98. The first-order valence-electron chi connectivity index (χ1n) is 5.63. The summed E-state index contributed by atoms with van der Waals surface area (Å²) in [6.07, 6.45) is 4.84. The van der Waals surface area contributed by atoms with Gasteiger partial charge in [-0.25, -0.2) is 0 Å². The standard InChI is InChI=1S/C11H22N4/c1-4-15(5-2)7-6-11(12)10-8-13-14(3)9-10/h8-9,11H,4-7,12H2,1-3H3. The molecule has 1 heterocycles. The third-order valence-corrected chi connectivity index (χ3v) is 2.80. The summed E-state index contributed by atoms with van der Waals surface area (Å²) in [5.74, 6) is 0. The summed E-state index contributed by atoms with van der Waals surface area (Å²) in [7, 11) is 1.92. The number of hydrogen-bond donors (Lipinski definition) is 1. The Kier molecular flexibility index (Phi) is 4.78. The molecule has 15 heavy (non-hydrogen) atoms. The highest BCUT2D eigenvalue weighted by Gasteiger charge is 2.09. The molecule has 2 N–H and O–H groups in total. The van der Waals surface area contributed by atoms with Gasteiger partial charge in [0.25, 0.3) is 0 Å². The van der Waals surface area contributed by atoms with Gasteiger partial charge in [0.1, 0.15) is 0 Å². The Balaban J connectivity index is 2.39. The van der Waals surface area contributed by atoms with Crippen molar-refractivity contribution in [2.24, 2.45) is 12.8 Å². The van der Waals surface area contributed by atoms with Crippen molar-refractivity contribution in [3.05, 3.63) is 18.0 Å². The lowest BCUT2D eigenvalue weighted by Crippen LogP contribution is -2.26. The van der Waals surface area contributed by atoms with Crippen LogP contribution >= 0.6 is 0 Å². The van der Waals surface area contributed by atoms with Gasteiger partial charge in [0.15, 0.2) is 0 Å². The number of nitrogens with two attached hydrogens (primary N) is 1. The van der Waals surface area contributed by atoms with Crippen molar-refractivity contribution in [3.63, 3.8) is 0 Å². The molecule has 0 spiro atoms. The quantitative estimate of drug-likeness (QED) is 0.766. The van der Waals surface area contributed by atoms with E-state index in [9.17, 15) is 0 Å². The van der Waals surface area contributed by atoms with Crippen LogP contribution in [0.1, 0.15) is 31.9 Å². The second-order valence-electron chi connectivity index (χ2n) is 3.87. The largest absolute Gasteiger partial charge is 0.324 e. The van der Waals surface area contributed by atoms with Gasteiger partial charge in [0.05, 0.1) is 6.20 Å². The minimum absolute atomic E-state index is 0.110. The molecule has 0 saturated heterocycles. The molecule has 0 bridgehead atoms. The Morgan fingerprint density at radius 1 is 1.47 bits per heavy atom. The summed E-state index contributed by atoms with van der Waals surface area (Å²) in [5, 5.41) is 4.13. The molecular weight excluding hydrogens is 188 g/mol. The van der Waals surface area contributed by atoms with Crippen LogP contribution in [-0.2, 0) is 7.05 Å². The molecule has 1 aromatic heterocycles. The minimum Gasteiger partial charge on any atom is -0.324 e. The second-order valence-corrected chi connectivity index (χ2v) is 3.87. The van der Waals surface area contributed by atoms with E-state index in [1.807, 2.05) is 19.4 Å². The van der Waals surface area contributed by atoms with Gasteiger partial charge in [0.2, 0.25) is 0 Å². The van der Waals surface area contributed by atoms with Crippen LogP contribution < -0.4 is 5.73 Å². The number of hydrogen-bond acceptors (Lipinski definition) is 3. The molecule has 1 rings (SSSR count). The van der Waals surface area contributed by atoms with Gasteiger partial charge in [-0.05, 0) is 26.1 Å². The van der Waals surface area contributed by atoms with E-state index >= 15 is 0 Å². The van der Waals surface area contributed by atoms with Crippen molar-refractivity contribution in [2.45, 2.75) is 26.3 Å². The molecule has 0 radical (unpaired) electrons. The van der Waals surface area contributed by atoms with Gasteiger partial charge in [-0.15, -0.1) is 0 Å². The molecular formula is C11H22N4. The van der Waals surface area contributed by atoms with Crippen molar-refractivity contribution in [3.8, 4) is 0 Å². The first-order chi connectivity index (χ1) is 7.17. The first kappa shape index (κ1) is 12.2. The number of aromatic nitrogens is 2. The zero-order valence-corrected chi connectivity index (χ0v) is 9.98. The molecule has 1 unspecified atom stereocenters. The predicted molar refractivity (Wildman–Crippen MR) is 62.5 cm³/mol. The molecule has 0 fully saturated rings. The third kappa shape index (κ3) is 3.64. The third-order valence-electron chi connectivity index (χ3n) is 2.80. The maximum absolute atomic E-state index is 6.09. The highest BCUT2D eigenvalue weighted by Crippen LogP contribution is 2.12. The summed E-state index contributed by atoms with van der Waals surface area (Å²) in [6.45, 7) is 7.60. The van der Waals surface area contributed by atoms with Crippen LogP contribution in [0.25, 0.3) is 0 Å². The normalized spacial score (nSPS) is 13.4. The Morgan fingerprint density at radius 3 is 2.60 bits per heavy atom. The molecule has 0 aliphatic carbocycles. The van der Waals surface area contributed by atoms with Crippen molar-refractivity contribution in [1.82, 2.24) is 14.7 Å². The highest BCUT2D eigenvalue weighted by molar-refractivity contribution is 5.09. The molecule has 1 atom stereocenters. The van der Waals surface area contributed by atoms with E-state index in [4.69, 9.17) is 5.73 Å². The van der Waals surface area contributed by atoms with Crippen molar-refractivity contribution >= 4 is 0 Å². The van der Waals surface area contributed by atoms with E-state index in [0.717, 1.165) is 31.6 Å². The molecule has 0 aliphatic heterocycles. The average Bonchev–Trinajstić information content (AvgIpc) is 2.66. The van der Waals surface area contributed by atoms with Crippen molar-refractivity contribution in [1.29, 1.82) is 0 Å². The molecule has 4 nitrogen and oxygen atoms in total. The molecule has 1 aromatic rings. The number of aryl methyl sites for hydroxylation is 1. The van der Waals surface area contributed by atoms with Crippen LogP contribution in [0, 0.1) is 0 Å². The Labute approximate surface area is 92.1 Å². The monoisotopic (exact) mass is 210 g/mol. The molecule has 0 aliphatic rings. The summed E-state index contributed by atoms with van der Waals surface area (Å²) < 4.78 is 1.80. The predicted octanol–water partition coefficient (Wildman–Crippen LogP) is 1.15. The maximum Gasteiger partial charge on any atom is 0.0537 e. The number of nitrogens with zero attached hydrogens (tertiary/aromatic N) is 3. The van der Waals surface area contributed by atoms with Gasteiger partial charge >= 0.3 is 0 Å². The Morgan fingerprint density at radius 2 is 2.13 bits per heavy atom. The van der Waals surface area contributed by atoms with E-state index in [-0.39, 0.29) is 6.04 Å². The smallest absolute Gasteiger partial charge is 0.0537 e. The number of rotatable bonds is 6. The van der Waals surface area contributed by atoms with Crippen molar-refractivity contribution < 1.29 is 0 Å². The van der Waals surface area contributed by atoms with Gasteiger partial charge in [-0.1, -0.05) is 13.8 Å². The van der Waals surface area contributed by atoms with Crippen LogP contribution in [0.3, 0.4) is 0 Å². The van der Waals surface area contributed by atoms with E-state index < -0.39 is 0 Å². The lowest BCUT2D eigenvalue weighted by Gasteiger charge is -2.19. The van der Waals surface area contributed by atoms with Gasteiger partial charge in [0, 0.05) is 24.8 Å². The van der Waals surface area contributed by atoms with Crippen LogP contribution in [0.5, 0.6) is 0 Å². The van der Waals surface area contributed by atoms with Crippen LogP contribution in [0.2, 0.25) is 0 Å². The Bertz CT molecular complexity index is 278. The molecule has 0 saturated carbocycles. The lowest BCUT2D eigenvalue weighted by molar-refractivity contribution is 0.291. The summed E-state index contributed by atoms with van der Waals surface area (Å²) in [4.78, 5) is 2.39. The fraction of sp³-hybridized carbons (Fsp3) is 0.727. The fourth-order valence-corrected chi connectivity index (χ4v) is 1.66. The van der Waals surface area contributed by atoms with E-state index in [1.54, 1.807) is 4.68 Å². The van der Waals surface area contributed by atoms with Gasteiger partial charge < -0.3 is 10.6 Å². The molecule has 0 amide bonds. The van der Waals surface area contributed by atoms with E-state index in [1.165, 1.54) is 0 Å². The minimum atomic E-state index is 0.110. The van der Waals surface area contributed by atoms with Gasteiger partial charge in [-0.2, -0.15) is 5.10 Å². The van der Waals surface area contributed by atoms with E-state index in [2.05, 4.69) is 23.8 Å². The van der Waals surface area contributed by atoms with Crippen LogP contribution in [-0.4, -0.2) is 34.3 Å². The summed E-state index contributed by atoms with van der Waals surface area (Å²) >= 11 is 0. The van der Waals surface area contributed by atoms with Crippen molar-refractivity contribution in [2.75, 3.05) is 19.6 Å². The average molecular weight is 210 g/mol. The Hall–Kier alpha value is -0.870. The fourth-order valence-electron chi connectivity index (χ4n) is 1.66. The second kappa shape index (κ2) is 5.88. The highest BCUT2D eigenvalue weighted by atomic mass is 15.2. The SMILES string of the molecule is CCN(CC)CCC(N)c1cnn(C)c1. The topological polar surface area (TPSA) is 47.1 Å². The van der Waals surface area contributed by atoms with Crippen LogP contribution in [0.4, 0.5) is 0 Å². The lowest BCUT2D eigenvalue weighted by atomic mass is 10.1. The summed E-state index contributed by atoms with van der Waals surface area (Å²) in [5.41, 5.74) is 7.22. The summed E-state index contributed by atoms with van der Waals surface area (Å²) in [6, 6.07) is 0.110. The molecule has 0 aromatic carbocycles. The first-order valence-corrected chi connectivity index (χ1v) is 5.63. The van der Waals surface area contributed by atoms with Gasteiger partial charge in [-0.3, -0.25) is 4.68 Å². The maximum atomic E-state index is 6.09.